The zero-order valence-electron chi connectivity index (χ0n) is 12.6. The van der Waals surface area contributed by atoms with Crippen molar-refractivity contribution >= 4 is 34.9 Å². The molecule has 0 atom stereocenters. The third-order valence-corrected chi connectivity index (χ3v) is 3.34. The van der Waals surface area contributed by atoms with Crippen molar-refractivity contribution in [1.29, 1.82) is 0 Å². The van der Waals surface area contributed by atoms with Crippen LogP contribution in [0.4, 0.5) is 10.5 Å². The smallest absolute Gasteiger partial charge is 0.319 e. The molecule has 0 aliphatic rings. The van der Waals surface area contributed by atoms with E-state index in [9.17, 15) is 4.79 Å². The Bertz CT molecular complexity index is 493. The highest BCUT2D eigenvalue weighted by Crippen LogP contribution is 2.27. The minimum atomic E-state index is -0.293. The number of anilines is 1. The van der Waals surface area contributed by atoms with E-state index >= 15 is 0 Å². The van der Waals surface area contributed by atoms with Crippen molar-refractivity contribution in [2.45, 2.75) is 46.6 Å². The maximum absolute atomic E-state index is 12.0. The van der Waals surface area contributed by atoms with Crippen LogP contribution in [0.5, 0.6) is 0 Å². The van der Waals surface area contributed by atoms with Crippen LogP contribution >= 0.6 is 23.2 Å². The minimum absolute atomic E-state index is 0.139. The molecule has 1 aromatic rings. The Kier molecular flexibility index (Phi) is 5.33. The summed E-state index contributed by atoms with van der Waals surface area (Å²) in [6.07, 6.45) is 0.870. The third kappa shape index (κ3) is 6.02. The van der Waals surface area contributed by atoms with Crippen LogP contribution < -0.4 is 10.6 Å². The molecule has 0 unspecified atom stereocenters. The van der Waals surface area contributed by atoms with Gasteiger partial charge in [0.25, 0.3) is 0 Å². The van der Waals surface area contributed by atoms with Gasteiger partial charge in [0.2, 0.25) is 0 Å². The van der Waals surface area contributed by atoms with Crippen LogP contribution in [-0.2, 0) is 0 Å². The first-order valence-corrected chi connectivity index (χ1v) is 7.28. The molecule has 1 rings (SSSR count). The molecule has 0 aromatic heterocycles. The van der Waals surface area contributed by atoms with Crippen LogP contribution in [0.1, 0.15) is 41.0 Å². The van der Waals surface area contributed by atoms with E-state index < -0.39 is 0 Å². The third-order valence-electron chi connectivity index (χ3n) is 2.60. The van der Waals surface area contributed by atoms with E-state index in [1.54, 1.807) is 18.2 Å². The van der Waals surface area contributed by atoms with Crippen LogP contribution in [0.15, 0.2) is 18.2 Å². The molecule has 1 aromatic carbocycles. The fraction of sp³-hybridized carbons (Fsp3) is 0.533. The van der Waals surface area contributed by atoms with Crippen molar-refractivity contribution in [3.05, 3.63) is 28.2 Å². The van der Waals surface area contributed by atoms with E-state index in [2.05, 4.69) is 31.4 Å². The van der Waals surface area contributed by atoms with Crippen molar-refractivity contribution in [2.24, 2.45) is 5.41 Å². The van der Waals surface area contributed by atoms with Crippen molar-refractivity contribution in [1.82, 2.24) is 5.32 Å². The lowest BCUT2D eigenvalue weighted by atomic mass is 9.82. The molecule has 0 saturated heterocycles. The SMILES string of the molecule is CC(C)(C)CC(C)(C)NC(=O)Nc1ccc(Cl)c(Cl)c1. The maximum atomic E-state index is 12.0. The summed E-state index contributed by atoms with van der Waals surface area (Å²) in [5, 5.41) is 6.61. The van der Waals surface area contributed by atoms with Crippen molar-refractivity contribution < 1.29 is 4.79 Å². The van der Waals surface area contributed by atoms with E-state index in [0.29, 0.717) is 15.7 Å². The monoisotopic (exact) mass is 316 g/mol. The highest BCUT2D eigenvalue weighted by atomic mass is 35.5. The van der Waals surface area contributed by atoms with E-state index in [1.165, 1.54) is 0 Å². The number of rotatable bonds is 3. The second kappa shape index (κ2) is 6.23. The van der Waals surface area contributed by atoms with Gasteiger partial charge in [0, 0.05) is 11.2 Å². The first-order valence-electron chi connectivity index (χ1n) is 6.53. The first kappa shape index (κ1) is 17.1. The molecule has 0 spiro atoms. The van der Waals surface area contributed by atoms with E-state index in [0.717, 1.165) is 6.42 Å². The average molecular weight is 317 g/mol. The quantitative estimate of drug-likeness (QED) is 0.777. The molecule has 0 aliphatic carbocycles. The molecular weight excluding hydrogens is 295 g/mol. The van der Waals surface area contributed by atoms with Gasteiger partial charge in [-0.1, -0.05) is 44.0 Å². The van der Waals surface area contributed by atoms with Gasteiger partial charge in [0.1, 0.15) is 0 Å². The summed E-state index contributed by atoms with van der Waals surface area (Å²) in [5.74, 6) is 0. The van der Waals surface area contributed by atoms with Gasteiger partial charge in [-0.2, -0.15) is 0 Å². The van der Waals surface area contributed by atoms with Gasteiger partial charge < -0.3 is 10.6 Å². The average Bonchev–Trinajstić information content (AvgIpc) is 2.18. The molecular formula is C15H22Cl2N2O. The summed E-state index contributed by atoms with van der Waals surface area (Å²) >= 11 is 11.7. The van der Waals surface area contributed by atoms with Crippen LogP contribution in [0.3, 0.4) is 0 Å². The topological polar surface area (TPSA) is 41.1 Å². The molecule has 20 heavy (non-hydrogen) atoms. The number of benzene rings is 1. The molecule has 0 heterocycles. The van der Waals surface area contributed by atoms with Gasteiger partial charge in [-0.05, 0) is 43.9 Å². The molecule has 112 valence electrons. The molecule has 2 N–H and O–H groups in total. The van der Waals surface area contributed by atoms with E-state index in [-0.39, 0.29) is 17.0 Å². The molecule has 0 saturated carbocycles. The Morgan fingerprint density at radius 3 is 2.20 bits per heavy atom. The Morgan fingerprint density at radius 1 is 1.10 bits per heavy atom. The van der Waals surface area contributed by atoms with Gasteiger partial charge in [0.15, 0.2) is 0 Å². The van der Waals surface area contributed by atoms with Crippen molar-refractivity contribution in [2.75, 3.05) is 5.32 Å². The van der Waals surface area contributed by atoms with Crippen LogP contribution in [0.2, 0.25) is 10.0 Å². The molecule has 3 nitrogen and oxygen atoms in total. The van der Waals surface area contributed by atoms with Gasteiger partial charge in [-0.3, -0.25) is 0 Å². The van der Waals surface area contributed by atoms with Crippen LogP contribution in [0.25, 0.3) is 0 Å². The van der Waals surface area contributed by atoms with Gasteiger partial charge in [-0.25, -0.2) is 4.79 Å². The van der Waals surface area contributed by atoms with Gasteiger partial charge in [-0.15, -0.1) is 0 Å². The zero-order chi connectivity index (χ0) is 15.6. The summed E-state index contributed by atoms with van der Waals surface area (Å²) in [6.45, 7) is 10.5. The highest BCUT2D eigenvalue weighted by Gasteiger charge is 2.26. The Morgan fingerprint density at radius 2 is 1.70 bits per heavy atom. The van der Waals surface area contributed by atoms with E-state index in [1.807, 2.05) is 13.8 Å². The molecule has 0 radical (unpaired) electrons. The Balaban J connectivity index is 2.65. The number of urea groups is 1. The highest BCUT2D eigenvalue weighted by molar-refractivity contribution is 6.42. The lowest BCUT2D eigenvalue weighted by Crippen LogP contribution is -2.47. The lowest BCUT2D eigenvalue weighted by molar-refractivity contribution is 0.220. The summed E-state index contributed by atoms with van der Waals surface area (Å²) in [7, 11) is 0. The summed E-state index contributed by atoms with van der Waals surface area (Å²) < 4.78 is 0. The normalized spacial score (nSPS) is 12.2. The number of nitrogens with one attached hydrogen (secondary N) is 2. The number of amides is 2. The molecule has 2 amide bonds. The summed E-state index contributed by atoms with van der Waals surface area (Å²) in [5.41, 5.74) is 0.460. The fourth-order valence-corrected chi connectivity index (χ4v) is 2.71. The fourth-order valence-electron chi connectivity index (χ4n) is 2.41. The largest absolute Gasteiger partial charge is 0.333 e. The molecule has 0 fully saturated rings. The number of carbonyl (C=O) groups excluding carboxylic acids is 1. The Labute approximate surface area is 131 Å². The minimum Gasteiger partial charge on any atom is -0.333 e. The van der Waals surface area contributed by atoms with Crippen molar-refractivity contribution in [3.63, 3.8) is 0 Å². The number of carbonyl (C=O) groups is 1. The predicted octanol–water partition coefficient (Wildman–Crippen LogP) is 5.33. The number of halogens is 2. The van der Waals surface area contributed by atoms with E-state index in [4.69, 9.17) is 23.2 Å². The molecule has 5 heteroatoms. The van der Waals surface area contributed by atoms with Crippen molar-refractivity contribution in [3.8, 4) is 0 Å². The maximum Gasteiger partial charge on any atom is 0.319 e. The summed E-state index contributed by atoms with van der Waals surface area (Å²) in [4.78, 5) is 12.0. The standard InChI is InChI=1S/C15H22Cl2N2O/c1-14(2,3)9-15(4,5)19-13(20)18-10-6-7-11(16)12(17)8-10/h6-8H,9H2,1-5H3,(H2,18,19,20). The molecule has 0 aliphatic heterocycles. The number of hydrogen-bond donors (Lipinski definition) is 2. The first-order chi connectivity index (χ1) is 8.98. The predicted molar refractivity (Wildman–Crippen MR) is 86.8 cm³/mol. The van der Waals surface area contributed by atoms with Crippen LogP contribution in [-0.4, -0.2) is 11.6 Å². The molecule has 0 bridgehead atoms. The van der Waals surface area contributed by atoms with Gasteiger partial charge >= 0.3 is 6.03 Å². The Hall–Kier alpha value is -0.930. The zero-order valence-corrected chi connectivity index (χ0v) is 14.1. The second-order valence-corrected chi connectivity index (χ2v) is 7.64. The number of hydrogen-bond acceptors (Lipinski definition) is 1. The van der Waals surface area contributed by atoms with Crippen LogP contribution in [0, 0.1) is 5.41 Å². The lowest BCUT2D eigenvalue weighted by Gasteiger charge is -2.33. The summed E-state index contributed by atoms with van der Waals surface area (Å²) in [6, 6.07) is 4.74. The van der Waals surface area contributed by atoms with Gasteiger partial charge in [0.05, 0.1) is 10.0 Å². The second-order valence-electron chi connectivity index (χ2n) is 6.83.